The van der Waals surface area contributed by atoms with Gasteiger partial charge in [-0.15, -0.1) is 0 Å². The molecular weight excluding hydrogens is 388 g/mol. The average Bonchev–Trinajstić information content (AvgIpc) is 2.88. The first-order valence-electron chi connectivity index (χ1n) is 10.6. The van der Waals surface area contributed by atoms with Gasteiger partial charge in [0.1, 0.15) is 0 Å². The first-order valence-corrected chi connectivity index (χ1v) is 10.6. The maximum absolute atomic E-state index is 9.40. The fourth-order valence-corrected chi connectivity index (χ4v) is 4.67. The van der Waals surface area contributed by atoms with Crippen LogP contribution in [0.4, 0.5) is 0 Å². The van der Waals surface area contributed by atoms with Gasteiger partial charge < -0.3 is 0 Å². The summed E-state index contributed by atoms with van der Waals surface area (Å²) in [6.07, 6.45) is 1.71. The van der Waals surface area contributed by atoms with E-state index < -0.39 is 0 Å². The molecule has 5 aromatic carbocycles. The second kappa shape index (κ2) is 7.34. The molecule has 0 N–H and O–H groups in total. The second-order valence-corrected chi connectivity index (χ2v) is 7.94. The Bertz CT molecular complexity index is 1680. The number of nitriles is 1. The van der Waals surface area contributed by atoms with Crippen molar-refractivity contribution >= 4 is 32.3 Å². The van der Waals surface area contributed by atoms with Crippen LogP contribution in [0.3, 0.4) is 0 Å². The summed E-state index contributed by atoms with van der Waals surface area (Å²) in [6.45, 7) is 0. The molecule has 0 aliphatic carbocycles. The standard InChI is InChI=1S/C30H18N2/c31-19-20-14-15-32-30(16-20)29-18-28-23-11-5-4-10-22(23)26(21-8-2-1-3-9-21)17-27(28)24-12-6-7-13-25(24)29/h1-18H. The quantitative estimate of drug-likeness (QED) is 0.276. The van der Waals surface area contributed by atoms with Gasteiger partial charge in [0.2, 0.25) is 0 Å². The number of rotatable bonds is 2. The van der Waals surface area contributed by atoms with Crippen LogP contribution in [-0.4, -0.2) is 4.98 Å². The van der Waals surface area contributed by atoms with Gasteiger partial charge in [-0.25, -0.2) is 0 Å². The Balaban J connectivity index is 1.79. The van der Waals surface area contributed by atoms with Crippen molar-refractivity contribution in [3.63, 3.8) is 0 Å². The molecule has 0 bridgehead atoms. The lowest BCUT2D eigenvalue weighted by Crippen LogP contribution is -1.91. The van der Waals surface area contributed by atoms with E-state index in [4.69, 9.17) is 0 Å². The molecule has 0 spiro atoms. The summed E-state index contributed by atoms with van der Waals surface area (Å²) in [5.74, 6) is 0. The van der Waals surface area contributed by atoms with Crippen LogP contribution in [0, 0.1) is 11.3 Å². The van der Waals surface area contributed by atoms with E-state index in [1.54, 1.807) is 12.3 Å². The maximum atomic E-state index is 9.40. The van der Waals surface area contributed by atoms with E-state index in [-0.39, 0.29) is 0 Å². The molecule has 0 unspecified atom stereocenters. The molecule has 0 radical (unpaired) electrons. The van der Waals surface area contributed by atoms with Crippen molar-refractivity contribution in [1.82, 2.24) is 4.98 Å². The van der Waals surface area contributed by atoms with E-state index in [0.717, 1.165) is 16.6 Å². The summed E-state index contributed by atoms with van der Waals surface area (Å²) < 4.78 is 0. The van der Waals surface area contributed by atoms with Crippen molar-refractivity contribution < 1.29 is 0 Å². The molecule has 0 saturated carbocycles. The maximum Gasteiger partial charge on any atom is 0.0992 e. The highest BCUT2D eigenvalue weighted by molar-refractivity contribution is 6.23. The van der Waals surface area contributed by atoms with Crippen LogP contribution in [-0.2, 0) is 0 Å². The summed E-state index contributed by atoms with van der Waals surface area (Å²) in [4.78, 5) is 4.61. The lowest BCUT2D eigenvalue weighted by Gasteiger charge is -2.15. The Morgan fingerprint density at radius 3 is 1.75 bits per heavy atom. The molecule has 6 rings (SSSR count). The molecular formula is C30H18N2. The Labute approximate surface area is 186 Å². The van der Waals surface area contributed by atoms with E-state index in [1.165, 1.54) is 38.1 Å². The van der Waals surface area contributed by atoms with Crippen LogP contribution in [0.1, 0.15) is 5.56 Å². The smallest absolute Gasteiger partial charge is 0.0992 e. The summed E-state index contributed by atoms with van der Waals surface area (Å²) in [5.41, 5.74) is 4.92. The lowest BCUT2D eigenvalue weighted by molar-refractivity contribution is 1.32. The molecule has 0 fully saturated rings. The number of fused-ring (bicyclic) bond motifs is 5. The summed E-state index contributed by atoms with van der Waals surface area (Å²) in [5, 5.41) is 16.6. The third-order valence-corrected chi connectivity index (χ3v) is 6.13. The largest absolute Gasteiger partial charge is 0.256 e. The van der Waals surface area contributed by atoms with Crippen molar-refractivity contribution in [3.8, 4) is 28.5 Å². The van der Waals surface area contributed by atoms with Gasteiger partial charge in [0, 0.05) is 11.8 Å². The fraction of sp³-hybridized carbons (Fsp3) is 0. The van der Waals surface area contributed by atoms with E-state index >= 15 is 0 Å². The number of benzene rings is 5. The van der Waals surface area contributed by atoms with Gasteiger partial charge in [0.05, 0.1) is 17.3 Å². The van der Waals surface area contributed by atoms with Gasteiger partial charge in [0.25, 0.3) is 0 Å². The van der Waals surface area contributed by atoms with Gasteiger partial charge in [-0.3, -0.25) is 4.98 Å². The molecule has 0 saturated heterocycles. The zero-order valence-electron chi connectivity index (χ0n) is 17.3. The summed E-state index contributed by atoms with van der Waals surface area (Å²) in [6, 6.07) is 38.0. The van der Waals surface area contributed by atoms with Gasteiger partial charge in [-0.1, -0.05) is 78.9 Å². The van der Waals surface area contributed by atoms with Crippen LogP contribution >= 0.6 is 0 Å². The van der Waals surface area contributed by atoms with Crippen LogP contribution < -0.4 is 0 Å². The number of nitrogens with zero attached hydrogens (tertiary/aromatic N) is 2. The van der Waals surface area contributed by atoms with E-state index in [9.17, 15) is 5.26 Å². The molecule has 1 aromatic heterocycles. The normalized spacial score (nSPS) is 11.1. The molecule has 2 heteroatoms. The highest BCUT2D eigenvalue weighted by Gasteiger charge is 2.14. The zero-order valence-corrected chi connectivity index (χ0v) is 17.3. The highest BCUT2D eigenvalue weighted by Crippen LogP contribution is 2.41. The van der Waals surface area contributed by atoms with E-state index in [2.05, 4.69) is 102 Å². The van der Waals surface area contributed by atoms with Crippen LogP contribution in [0.25, 0.3) is 54.7 Å². The monoisotopic (exact) mass is 406 g/mol. The average molecular weight is 406 g/mol. The van der Waals surface area contributed by atoms with Gasteiger partial charge in [-0.05, 0) is 67.7 Å². The van der Waals surface area contributed by atoms with Crippen molar-refractivity contribution in [3.05, 3.63) is 115 Å². The minimum Gasteiger partial charge on any atom is -0.256 e. The van der Waals surface area contributed by atoms with Crippen LogP contribution in [0.15, 0.2) is 109 Å². The number of hydrogen-bond acceptors (Lipinski definition) is 2. The van der Waals surface area contributed by atoms with Crippen molar-refractivity contribution in [2.45, 2.75) is 0 Å². The zero-order chi connectivity index (χ0) is 21.5. The first kappa shape index (κ1) is 18.3. The molecule has 0 aliphatic rings. The van der Waals surface area contributed by atoms with Crippen molar-refractivity contribution in [2.75, 3.05) is 0 Å². The van der Waals surface area contributed by atoms with E-state index in [0.29, 0.717) is 5.56 Å². The predicted molar refractivity (Wildman–Crippen MR) is 132 cm³/mol. The number of aromatic nitrogens is 1. The van der Waals surface area contributed by atoms with Gasteiger partial charge in [-0.2, -0.15) is 5.26 Å². The molecule has 2 nitrogen and oxygen atoms in total. The molecule has 0 amide bonds. The predicted octanol–water partition coefficient (Wildman–Crippen LogP) is 7.75. The SMILES string of the molecule is N#Cc1ccnc(-c2cc3c4ccccc4c(-c4ccccc4)cc3c3ccccc23)c1. The van der Waals surface area contributed by atoms with Crippen LogP contribution in [0.5, 0.6) is 0 Å². The molecule has 1 heterocycles. The van der Waals surface area contributed by atoms with E-state index in [1.807, 2.05) is 6.07 Å². The molecule has 6 aromatic rings. The molecule has 148 valence electrons. The van der Waals surface area contributed by atoms with Crippen LogP contribution in [0.2, 0.25) is 0 Å². The van der Waals surface area contributed by atoms with Gasteiger partial charge in [0.15, 0.2) is 0 Å². The summed E-state index contributed by atoms with van der Waals surface area (Å²) in [7, 11) is 0. The third kappa shape index (κ3) is 2.84. The Kier molecular flexibility index (Phi) is 4.20. The Morgan fingerprint density at radius 2 is 1.09 bits per heavy atom. The Hall–Kier alpha value is -4.48. The first-order chi connectivity index (χ1) is 15.8. The second-order valence-electron chi connectivity index (χ2n) is 7.94. The van der Waals surface area contributed by atoms with Gasteiger partial charge >= 0.3 is 0 Å². The minimum atomic E-state index is 0.614. The minimum absolute atomic E-state index is 0.614. The molecule has 32 heavy (non-hydrogen) atoms. The fourth-order valence-electron chi connectivity index (χ4n) is 4.67. The number of pyridine rings is 1. The lowest BCUT2D eigenvalue weighted by atomic mass is 9.88. The number of hydrogen-bond donors (Lipinski definition) is 0. The third-order valence-electron chi connectivity index (χ3n) is 6.13. The van der Waals surface area contributed by atoms with Crippen molar-refractivity contribution in [1.29, 1.82) is 5.26 Å². The van der Waals surface area contributed by atoms with Crippen molar-refractivity contribution in [2.24, 2.45) is 0 Å². The highest BCUT2D eigenvalue weighted by atomic mass is 14.7. The molecule has 0 aliphatic heterocycles. The Morgan fingerprint density at radius 1 is 0.531 bits per heavy atom. The molecule has 0 atom stereocenters. The summed E-state index contributed by atoms with van der Waals surface area (Å²) >= 11 is 0. The topological polar surface area (TPSA) is 36.7 Å².